The highest BCUT2D eigenvalue weighted by Gasteiger charge is 2.34. The van der Waals surface area contributed by atoms with Crippen LogP contribution in [0.1, 0.15) is 44.0 Å². The number of amides is 1. The maximum Gasteiger partial charge on any atom is 0.283 e. The molecule has 12 nitrogen and oxygen atoms in total. The Bertz CT molecular complexity index is 2070. The molecule has 5 aromatic rings. The van der Waals surface area contributed by atoms with Gasteiger partial charge in [0.15, 0.2) is 11.5 Å². The van der Waals surface area contributed by atoms with Gasteiger partial charge in [-0.3, -0.25) is 4.79 Å². The highest BCUT2D eigenvalue weighted by Crippen LogP contribution is 2.52. The minimum Gasteiger partial charge on any atom is -0.497 e. The second kappa shape index (κ2) is 12.9. The summed E-state index contributed by atoms with van der Waals surface area (Å²) >= 11 is 1.32. The molecule has 2 aliphatic heterocycles. The summed E-state index contributed by atoms with van der Waals surface area (Å²) in [5, 5.41) is 9.71. The summed E-state index contributed by atoms with van der Waals surface area (Å²) in [6, 6.07) is 13.5. The number of hydrazone groups is 1. The Kier molecular flexibility index (Phi) is 8.36. The molecule has 3 aromatic heterocycles. The van der Waals surface area contributed by atoms with E-state index in [4.69, 9.17) is 33.5 Å². The smallest absolute Gasteiger partial charge is 0.283 e. The van der Waals surface area contributed by atoms with Crippen LogP contribution >= 0.6 is 11.3 Å². The van der Waals surface area contributed by atoms with Crippen molar-refractivity contribution in [1.82, 2.24) is 15.0 Å². The number of aromatic nitrogens is 2. The number of hydrogen-bond acceptors (Lipinski definition) is 11. The fourth-order valence-electron chi connectivity index (χ4n) is 6.12. The summed E-state index contributed by atoms with van der Waals surface area (Å²) in [7, 11) is 4.73. The van der Waals surface area contributed by atoms with Gasteiger partial charge < -0.3 is 33.1 Å². The van der Waals surface area contributed by atoms with Crippen LogP contribution < -0.4 is 29.1 Å². The molecule has 0 radical (unpaired) electrons. The van der Waals surface area contributed by atoms with Gasteiger partial charge in [0.05, 0.1) is 38.9 Å². The Hall–Kier alpha value is -5.56. The normalized spacial score (nSPS) is 15.1. The number of nitrogens with zero attached hydrogens (tertiary/aromatic N) is 4. The van der Waals surface area contributed by atoms with Crippen LogP contribution in [0, 0.1) is 13.8 Å². The summed E-state index contributed by atoms with van der Waals surface area (Å²) in [6.07, 6.45) is 5.97. The SMILES string of the molecule is COc1ccc(C2=NO[C@@H](Cc3c(/C=N\NC(=O)c4sc5nc(C)cc(C)c5c4-n4cccc4)c(OC)c4c(c3OC)OCO4)C2)cc1. The van der Waals surface area contributed by atoms with Gasteiger partial charge in [0.2, 0.25) is 18.3 Å². The van der Waals surface area contributed by atoms with Crippen molar-refractivity contribution >= 4 is 39.4 Å². The second-order valence-corrected chi connectivity index (χ2v) is 12.3. The van der Waals surface area contributed by atoms with Gasteiger partial charge in [-0.25, -0.2) is 10.4 Å². The van der Waals surface area contributed by atoms with Crippen LogP contribution in [-0.2, 0) is 11.3 Å². The van der Waals surface area contributed by atoms with E-state index in [9.17, 15) is 4.79 Å². The maximum atomic E-state index is 13.8. The van der Waals surface area contributed by atoms with Crippen LogP contribution in [0.15, 0.2) is 65.1 Å². The molecule has 48 heavy (non-hydrogen) atoms. The summed E-state index contributed by atoms with van der Waals surface area (Å²) in [5.74, 6) is 2.08. The zero-order valence-corrected chi connectivity index (χ0v) is 27.8. The third kappa shape index (κ3) is 5.55. The Morgan fingerprint density at radius 2 is 1.79 bits per heavy atom. The highest BCUT2D eigenvalue weighted by molar-refractivity contribution is 7.21. The van der Waals surface area contributed by atoms with Crippen molar-refractivity contribution in [2.24, 2.45) is 10.3 Å². The summed E-state index contributed by atoms with van der Waals surface area (Å²) in [6.45, 7) is 3.97. The van der Waals surface area contributed by atoms with Crippen molar-refractivity contribution in [3.8, 4) is 34.4 Å². The first-order valence-corrected chi connectivity index (χ1v) is 16.0. The molecule has 0 spiro atoms. The first-order valence-electron chi connectivity index (χ1n) is 15.2. The molecule has 13 heteroatoms. The van der Waals surface area contributed by atoms with E-state index >= 15 is 0 Å². The number of carbonyl (C=O) groups excluding carboxylic acids is 1. The minimum absolute atomic E-state index is 0.00448. The molecular weight excluding hydrogens is 634 g/mol. The van der Waals surface area contributed by atoms with Crippen LogP contribution in [0.25, 0.3) is 15.9 Å². The van der Waals surface area contributed by atoms with Crippen LogP contribution in [0.2, 0.25) is 0 Å². The predicted molar refractivity (Wildman–Crippen MR) is 182 cm³/mol. The van der Waals surface area contributed by atoms with E-state index < -0.39 is 0 Å². The number of methoxy groups -OCH3 is 3. The molecule has 0 bridgehead atoms. The Balaban J connectivity index is 1.21. The molecule has 7 rings (SSSR count). The second-order valence-electron chi connectivity index (χ2n) is 11.3. The molecule has 0 aliphatic carbocycles. The fourth-order valence-corrected chi connectivity index (χ4v) is 7.31. The van der Waals surface area contributed by atoms with Crippen molar-refractivity contribution in [1.29, 1.82) is 0 Å². The van der Waals surface area contributed by atoms with Gasteiger partial charge in [-0.2, -0.15) is 5.10 Å². The number of ether oxygens (including phenoxy) is 5. The third-order valence-electron chi connectivity index (χ3n) is 8.26. The molecule has 246 valence electrons. The van der Waals surface area contributed by atoms with E-state index in [1.165, 1.54) is 24.7 Å². The predicted octanol–water partition coefficient (Wildman–Crippen LogP) is 5.96. The number of pyridine rings is 1. The van der Waals surface area contributed by atoms with Crippen LogP contribution in [0.5, 0.6) is 28.7 Å². The summed E-state index contributed by atoms with van der Waals surface area (Å²) in [4.78, 5) is 25.6. The number of aryl methyl sites for hydroxylation is 2. The lowest BCUT2D eigenvalue weighted by molar-refractivity contribution is 0.0853. The quantitative estimate of drug-likeness (QED) is 0.143. The topological polar surface area (TPSA) is 127 Å². The standard InChI is InChI=1S/C35H33N5O7S/c1-19-14-20(2)37-35-27(19)28(40-12-6-7-13-40)33(48-35)34(41)38-36-17-25-24(29(43-4)31-32(30(25)44-5)46-18-45-31)15-23-16-26(39-47-23)21-8-10-22(42-3)11-9-21/h6-14,17,23H,15-16,18H2,1-5H3,(H,38,41)/b36-17-/t23-/m0/s1. The average Bonchev–Trinajstić information content (AvgIpc) is 3.91. The average molecular weight is 668 g/mol. The molecule has 5 heterocycles. The van der Waals surface area contributed by atoms with E-state index in [-0.39, 0.29) is 18.8 Å². The molecule has 0 saturated heterocycles. The molecule has 1 N–H and O–H groups in total. The van der Waals surface area contributed by atoms with Crippen molar-refractivity contribution < 1.29 is 33.3 Å². The molecular formula is C35H33N5O7S. The lowest BCUT2D eigenvalue weighted by atomic mass is 9.95. The molecule has 1 amide bonds. The van der Waals surface area contributed by atoms with Crippen molar-refractivity contribution in [2.75, 3.05) is 28.1 Å². The molecule has 0 unspecified atom stereocenters. The van der Waals surface area contributed by atoms with E-state index in [0.29, 0.717) is 51.8 Å². The first kappa shape index (κ1) is 31.1. The number of oxime groups is 1. The summed E-state index contributed by atoms with van der Waals surface area (Å²) < 4.78 is 30.5. The number of fused-ring (bicyclic) bond motifs is 2. The Labute approximate surface area is 280 Å². The molecule has 1 atom stereocenters. The highest BCUT2D eigenvalue weighted by atomic mass is 32.1. The molecule has 0 saturated carbocycles. The van der Waals surface area contributed by atoms with Gasteiger partial charge in [-0.05, 0) is 67.4 Å². The van der Waals surface area contributed by atoms with Gasteiger partial charge in [0.25, 0.3) is 5.91 Å². The number of benzene rings is 2. The third-order valence-corrected chi connectivity index (χ3v) is 9.33. The monoisotopic (exact) mass is 667 g/mol. The van der Waals surface area contributed by atoms with E-state index in [0.717, 1.165) is 44.2 Å². The number of thiophene rings is 1. The van der Waals surface area contributed by atoms with Crippen LogP contribution in [-0.4, -0.2) is 61.6 Å². The number of rotatable bonds is 10. The van der Waals surface area contributed by atoms with Gasteiger partial charge >= 0.3 is 0 Å². The summed E-state index contributed by atoms with van der Waals surface area (Å²) in [5.41, 5.74) is 8.42. The number of nitrogens with one attached hydrogen (secondary N) is 1. The largest absolute Gasteiger partial charge is 0.497 e. The Morgan fingerprint density at radius 3 is 2.50 bits per heavy atom. The number of carbonyl (C=O) groups is 1. The van der Waals surface area contributed by atoms with Crippen molar-refractivity contribution in [2.45, 2.75) is 32.8 Å². The van der Waals surface area contributed by atoms with Gasteiger partial charge in [-0.1, -0.05) is 5.16 Å². The first-order chi connectivity index (χ1) is 23.4. The van der Waals surface area contributed by atoms with Crippen molar-refractivity contribution in [3.63, 3.8) is 0 Å². The zero-order chi connectivity index (χ0) is 33.4. The number of hydrogen-bond donors (Lipinski definition) is 1. The lowest BCUT2D eigenvalue weighted by Gasteiger charge is -2.19. The molecule has 0 fully saturated rings. The zero-order valence-electron chi connectivity index (χ0n) is 27.0. The maximum absolute atomic E-state index is 13.8. The lowest BCUT2D eigenvalue weighted by Crippen LogP contribution is -2.19. The van der Waals surface area contributed by atoms with E-state index in [2.05, 4.69) is 15.7 Å². The van der Waals surface area contributed by atoms with Gasteiger partial charge in [0, 0.05) is 47.4 Å². The minimum atomic E-state index is -0.375. The Morgan fingerprint density at radius 1 is 1.06 bits per heavy atom. The van der Waals surface area contributed by atoms with Gasteiger partial charge in [-0.15, -0.1) is 11.3 Å². The van der Waals surface area contributed by atoms with Crippen LogP contribution in [0.4, 0.5) is 0 Å². The van der Waals surface area contributed by atoms with Crippen molar-refractivity contribution in [3.05, 3.63) is 87.7 Å². The molecule has 2 aliphatic rings. The van der Waals surface area contributed by atoms with Crippen LogP contribution in [0.3, 0.4) is 0 Å². The van der Waals surface area contributed by atoms with E-state index in [1.54, 1.807) is 14.2 Å². The van der Waals surface area contributed by atoms with Gasteiger partial charge in [0.1, 0.15) is 21.6 Å². The molecule has 2 aromatic carbocycles. The fraction of sp³-hybridized carbons (Fsp3) is 0.257. The van der Waals surface area contributed by atoms with E-state index in [1.807, 2.05) is 73.3 Å².